The fourth-order valence-electron chi connectivity index (χ4n) is 2.62. The summed E-state index contributed by atoms with van der Waals surface area (Å²) in [6, 6.07) is 19.1. The van der Waals surface area contributed by atoms with Crippen molar-refractivity contribution in [1.82, 2.24) is 0 Å². The van der Waals surface area contributed by atoms with Crippen LogP contribution >= 0.6 is 0 Å². The molecule has 2 aromatic heterocycles. The fourth-order valence-corrected chi connectivity index (χ4v) is 2.62. The van der Waals surface area contributed by atoms with Crippen LogP contribution in [-0.4, -0.2) is 5.78 Å². The largest absolute Gasteiger partial charge is 0.456 e. The predicted molar refractivity (Wildman–Crippen MR) is 90.4 cm³/mol. The lowest BCUT2D eigenvalue weighted by Gasteiger charge is -1.95. The normalized spacial score (nSPS) is 12.1. The molecule has 0 N–H and O–H groups in total. The maximum absolute atomic E-state index is 12.4. The molecule has 0 fully saturated rings. The molecule has 0 aliphatic rings. The van der Waals surface area contributed by atoms with Crippen molar-refractivity contribution < 1.29 is 13.6 Å². The number of fused-ring (bicyclic) bond motifs is 2. The third-order valence-electron chi connectivity index (χ3n) is 3.83. The van der Waals surface area contributed by atoms with Gasteiger partial charge < -0.3 is 8.83 Å². The molecular formula is C20H14O3. The minimum absolute atomic E-state index is 0.167. The molecule has 3 nitrogen and oxygen atoms in total. The van der Waals surface area contributed by atoms with Gasteiger partial charge in [-0.25, -0.2) is 0 Å². The molecule has 0 aliphatic heterocycles. The van der Waals surface area contributed by atoms with Gasteiger partial charge in [-0.2, -0.15) is 0 Å². The van der Waals surface area contributed by atoms with E-state index < -0.39 is 0 Å². The zero-order chi connectivity index (χ0) is 15.8. The average molecular weight is 302 g/mol. The Bertz CT molecular complexity index is 981. The van der Waals surface area contributed by atoms with E-state index in [1.807, 2.05) is 61.5 Å². The monoisotopic (exact) mass is 302 g/mol. The molecule has 0 radical (unpaired) electrons. The van der Waals surface area contributed by atoms with Crippen LogP contribution in [0.1, 0.15) is 23.2 Å². The Morgan fingerprint density at radius 3 is 1.96 bits per heavy atom. The quantitative estimate of drug-likeness (QED) is 0.372. The first kappa shape index (κ1) is 13.6. The van der Waals surface area contributed by atoms with Gasteiger partial charge in [-0.3, -0.25) is 4.79 Å². The molecule has 0 atom stereocenters. The number of rotatable bonds is 3. The van der Waals surface area contributed by atoms with Crippen molar-refractivity contribution in [1.29, 1.82) is 0 Å². The van der Waals surface area contributed by atoms with Crippen LogP contribution in [0.5, 0.6) is 0 Å². The molecule has 0 aliphatic carbocycles. The van der Waals surface area contributed by atoms with Crippen LogP contribution in [0.3, 0.4) is 0 Å². The van der Waals surface area contributed by atoms with Gasteiger partial charge in [0.2, 0.25) is 5.78 Å². The lowest BCUT2D eigenvalue weighted by Crippen LogP contribution is -1.92. The molecule has 2 heterocycles. The van der Waals surface area contributed by atoms with Crippen molar-refractivity contribution in [3.05, 3.63) is 78.3 Å². The number of allylic oxidation sites excluding steroid dienone is 2. The highest BCUT2D eigenvalue weighted by Crippen LogP contribution is 2.25. The summed E-state index contributed by atoms with van der Waals surface area (Å²) in [5.41, 5.74) is 2.30. The Morgan fingerprint density at radius 1 is 0.826 bits per heavy atom. The van der Waals surface area contributed by atoms with Crippen LogP contribution in [0.4, 0.5) is 0 Å². The van der Waals surface area contributed by atoms with E-state index in [0.29, 0.717) is 17.1 Å². The minimum atomic E-state index is -0.167. The Labute approximate surface area is 132 Å². The van der Waals surface area contributed by atoms with E-state index in [2.05, 4.69) is 0 Å². The summed E-state index contributed by atoms with van der Waals surface area (Å²) in [5.74, 6) is 0.858. The van der Waals surface area contributed by atoms with Crippen LogP contribution in [0.2, 0.25) is 0 Å². The van der Waals surface area contributed by atoms with Crippen molar-refractivity contribution >= 4 is 33.3 Å². The minimum Gasteiger partial charge on any atom is -0.456 e. The Morgan fingerprint density at radius 2 is 1.35 bits per heavy atom. The molecule has 4 aromatic rings. The van der Waals surface area contributed by atoms with Gasteiger partial charge in [-0.1, -0.05) is 36.4 Å². The summed E-state index contributed by atoms with van der Waals surface area (Å²) in [6.07, 6.45) is 1.55. The first-order chi connectivity index (χ1) is 11.2. The van der Waals surface area contributed by atoms with E-state index in [1.54, 1.807) is 12.1 Å². The molecule has 0 amide bonds. The highest BCUT2D eigenvalue weighted by Gasteiger charge is 2.12. The number of benzene rings is 2. The van der Waals surface area contributed by atoms with Gasteiger partial charge in [0.05, 0.1) is 0 Å². The molecule has 3 heteroatoms. The van der Waals surface area contributed by atoms with Gasteiger partial charge in [-0.15, -0.1) is 0 Å². The molecule has 0 spiro atoms. The Hall–Kier alpha value is -3.07. The standard InChI is InChI=1S/C20H14O3/c1-13(19-11-14-6-2-4-8-17(14)22-19)10-16(21)20-12-15-7-3-5-9-18(15)23-20/h2-12H,1H3/b13-10+. The van der Waals surface area contributed by atoms with Crippen LogP contribution < -0.4 is 0 Å². The van der Waals surface area contributed by atoms with Crippen LogP contribution in [0, 0.1) is 0 Å². The Kier molecular flexibility index (Phi) is 3.12. The van der Waals surface area contributed by atoms with E-state index in [1.165, 1.54) is 0 Å². The summed E-state index contributed by atoms with van der Waals surface area (Å²) in [5, 5.41) is 1.94. The number of hydrogen-bond acceptors (Lipinski definition) is 3. The van der Waals surface area contributed by atoms with E-state index in [-0.39, 0.29) is 5.78 Å². The number of para-hydroxylation sites is 2. The molecular weight excluding hydrogens is 288 g/mol. The molecule has 0 saturated carbocycles. The first-order valence-corrected chi connectivity index (χ1v) is 7.41. The van der Waals surface area contributed by atoms with Gasteiger partial charge in [-0.05, 0) is 42.8 Å². The number of ketones is 1. The third kappa shape index (κ3) is 2.46. The molecule has 0 saturated heterocycles. The molecule has 4 rings (SSSR count). The fraction of sp³-hybridized carbons (Fsp3) is 0.0500. The molecule has 0 bridgehead atoms. The Balaban J connectivity index is 1.69. The highest BCUT2D eigenvalue weighted by atomic mass is 16.3. The van der Waals surface area contributed by atoms with Crippen molar-refractivity contribution in [2.45, 2.75) is 6.92 Å². The van der Waals surface area contributed by atoms with E-state index in [4.69, 9.17) is 8.83 Å². The van der Waals surface area contributed by atoms with Gasteiger partial charge in [0.15, 0.2) is 5.76 Å². The molecule has 2 aromatic carbocycles. The van der Waals surface area contributed by atoms with Crippen molar-refractivity contribution in [3.8, 4) is 0 Å². The smallest absolute Gasteiger partial charge is 0.221 e. The molecule has 0 unspecified atom stereocenters. The van der Waals surface area contributed by atoms with E-state index in [9.17, 15) is 4.79 Å². The zero-order valence-corrected chi connectivity index (χ0v) is 12.6. The maximum atomic E-state index is 12.4. The summed E-state index contributed by atoms with van der Waals surface area (Å²) >= 11 is 0. The van der Waals surface area contributed by atoms with Crippen molar-refractivity contribution in [2.75, 3.05) is 0 Å². The number of hydrogen-bond donors (Lipinski definition) is 0. The lowest BCUT2D eigenvalue weighted by molar-refractivity contribution is 0.102. The number of carbonyl (C=O) groups excluding carboxylic acids is 1. The van der Waals surface area contributed by atoms with Crippen LogP contribution in [-0.2, 0) is 0 Å². The van der Waals surface area contributed by atoms with Gasteiger partial charge in [0.25, 0.3) is 0 Å². The zero-order valence-electron chi connectivity index (χ0n) is 12.6. The van der Waals surface area contributed by atoms with Crippen molar-refractivity contribution in [3.63, 3.8) is 0 Å². The van der Waals surface area contributed by atoms with E-state index >= 15 is 0 Å². The van der Waals surface area contributed by atoms with Crippen molar-refractivity contribution in [2.24, 2.45) is 0 Å². The lowest BCUT2D eigenvalue weighted by atomic mass is 10.1. The van der Waals surface area contributed by atoms with Gasteiger partial charge in [0.1, 0.15) is 16.9 Å². The number of furan rings is 2. The predicted octanol–water partition coefficient (Wildman–Crippen LogP) is 5.47. The summed E-state index contributed by atoms with van der Waals surface area (Å²) in [7, 11) is 0. The maximum Gasteiger partial charge on any atom is 0.221 e. The summed E-state index contributed by atoms with van der Waals surface area (Å²) in [4.78, 5) is 12.4. The topological polar surface area (TPSA) is 43.4 Å². The van der Waals surface area contributed by atoms with Crippen LogP contribution in [0.15, 0.2) is 75.6 Å². The second-order valence-corrected chi connectivity index (χ2v) is 5.49. The van der Waals surface area contributed by atoms with Crippen LogP contribution in [0.25, 0.3) is 27.5 Å². The molecule has 112 valence electrons. The molecule has 23 heavy (non-hydrogen) atoms. The highest BCUT2D eigenvalue weighted by molar-refractivity contribution is 6.08. The van der Waals surface area contributed by atoms with E-state index in [0.717, 1.165) is 21.9 Å². The number of carbonyl (C=O) groups is 1. The second-order valence-electron chi connectivity index (χ2n) is 5.49. The van der Waals surface area contributed by atoms with Gasteiger partial charge in [0, 0.05) is 10.8 Å². The third-order valence-corrected chi connectivity index (χ3v) is 3.83. The second kappa shape index (κ2) is 5.29. The van der Waals surface area contributed by atoms with Gasteiger partial charge >= 0.3 is 0 Å². The first-order valence-electron chi connectivity index (χ1n) is 7.41. The average Bonchev–Trinajstić information content (AvgIpc) is 3.18. The summed E-state index contributed by atoms with van der Waals surface area (Å²) in [6.45, 7) is 1.86. The summed E-state index contributed by atoms with van der Waals surface area (Å²) < 4.78 is 11.4. The SMILES string of the molecule is C/C(=C\C(=O)c1cc2ccccc2o1)c1cc2ccccc2o1.